The quantitative estimate of drug-likeness (QED) is 0.171. The van der Waals surface area contributed by atoms with Crippen molar-refractivity contribution >= 4 is 306 Å². The monoisotopic (exact) mass is 1890 g/mol. The standard InChI is InChI=1S/4C34H19NO2/c1-2-11-24-23(10-1)31-26-13-5-8-16-29(26)37-34(31)32-25-12-3-6-14-27(25)35(33(24)32)20-17-18-22-21-9-4-7-15-28(21)36-30(22)19-20;1-2-11-24-23(10-1)31-25-12-3-6-14-27(25)35(33(31)34-32(24)26-13-5-8-16-29(26)37-34)20-17-18-22-21-9-4-7-15-28(21)36-30(22)19-20;1-2-8-22-20(7-1)13-18-28-32(22)27-17-16-26-24-10-4-6-12-30(24)37-34(26)33(27)35(28)21-14-15-25-23-9-3-5-11-29(23)36-31(25)19-21;1-2-8-21-16-29-26(15-20(21)7-1)27-19-34-28(24-10-4-6-12-32(24)37-34)18-30(27)35(29)22-13-14-25-23-9-3-5-11-31(23)36-33(25)17-22/h4*1-19H. The lowest BCUT2D eigenvalue weighted by atomic mass is 9.99. The highest BCUT2D eigenvalue weighted by molar-refractivity contribution is 6.38. The van der Waals surface area contributed by atoms with Gasteiger partial charge >= 0.3 is 0 Å². The van der Waals surface area contributed by atoms with Crippen molar-refractivity contribution in [2.24, 2.45) is 0 Å². The van der Waals surface area contributed by atoms with E-state index in [1.807, 2.05) is 84.9 Å². The number of fused-ring (bicyclic) bond motifs is 48. The molecule has 12 aromatic heterocycles. The first kappa shape index (κ1) is 80.6. The molecule has 0 aliphatic carbocycles. The van der Waals surface area contributed by atoms with Gasteiger partial charge in [0.05, 0.1) is 60.9 Å². The molecule has 688 valence electrons. The van der Waals surface area contributed by atoms with E-state index in [-0.39, 0.29) is 0 Å². The maximum Gasteiger partial charge on any atom is 0.160 e. The average Bonchev–Trinajstić information content (AvgIpc) is 1.54. The van der Waals surface area contributed by atoms with Gasteiger partial charge in [0.15, 0.2) is 11.2 Å². The van der Waals surface area contributed by atoms with E-state index >= 15 is 0 Å². The van der Waals surface area contributed by atoms with Crippen LogP contribution in [0.2, 0.25) is 0 Å². The van der Waals surface area contributed by atoms with Gasteiger partial charge in [0.1, 0.15) is 78.2 Å². The molecular weight excluding hydrogens is 1820 g/mol. The molecule has 0 amide bonds. The van der Waals surface area contributed by atoms with E-state index in [4.69, 9.17) is 35.3 Å². The van der Waals surface area contributed by atoms with Gasteiger partial charge in [-0.05, 0) is 183 Å². The zero-order valence-corrected chi connectivity index (χ0v) is 78.9. The first-order valence-electron chi connectivity index (χ1n) is 50.1. The van der Waals surface area contributed by atoms with E-state index < -0.39 is 0 Å². The molecule has 12 heteroatoms. The molecule has 12 heterocycles. The molecule has 36 rings (SSSR count). The lowest BCUT2D eigenvalue weighted by Crippen LogP contribution is -1.94. The molecule has 0 saturated heterocycles. The predicted molar refractivity (Wildman–Crippen MR) is 611 cm³/mol. The van der Waals surface area contributed by atoms with Crippen molar-refractivity contribution in [1.82, 2.24) is 18.3 Å². The number of hydrogen-bond acceptors (Lipinski definition) is 8. The third-order valence-corrected chi connectivity index (χ3v) is 31.1. The summed E-state index contributed by atoms with van der Waals surface area (Å²) in [7, 11) is 0. The van der Waals surface area contributed by atoms with E-state index in [1.54, 1.807) is 0 Å². The van der Waals surface area contributed by atoms with Gasteiger partial charge in [-0.1, -0.05) is 291 Å². The summed E-state index contributed by atoms with van der Waals surface area (Å²) in [6, 6.07) is 162. The van der Waals surface area contributed by atoms with Crippen LogP contribution in [-0.2, 0) is 0 Å². The maximum absolute atomic E-state index is 6.66. The van der Waals surface area contributed by atoms with Gasteiger partial charge in [0, 0.05) is 165 Å². The molecule has 0 fully saturated rings. The third-order valence-electron chi connectivity index (χ3n) is 31.1. The Balaban J connectivity index is 0.0000000859. The van der Waals surface area contributed by atoms with Crippen LogP contribution in [0.4, 0.5) is 0 Å². The van der Waals surface area contributed by atoms with Crippen LogP contribution in [0, 0.1) is 0 Å². The molecule has 0 radical (unpaired) electrons. The van der Waals surface area contributed by atoms with Crippen LogP contribution in [0.25, 0.3) is 329 Å². The molecule has 0 saturated carbocycles. The molecule has 0 atom stereocenters. The molecule has 12 nitrogen and oxygen atoms in total. The Hall–Kier alpha value is -20.1. The van der Waals surface area contributed by atoms with E-state index in [1.165, 1.54) is 91.7 Å². The second kappa shape index (κ2) is 30.7. The molecule has 148 heavy (non-hydrogen) atoms. The summed E-state index contributed by atoms with van der Waals surface area (Å²) in [5, 5.41) is 37.5. The van der Waals surface area contributed by atoms with Gasteiger partial charge < -0.3 is 53.6 Å². The number of furan rings is 8. The summed E-state index contributed by atoms with van der Waals surface area (Å²) in [6.45, 7) is 0. The molecule has 0 bridgehead atoms. The molecule has 0 aliphatic heterocycles. The minimum atomic E-state index is 0.881. The minimum absolute atomic E-state index is 0.881. The number of benzene rings is 24. The number of hydrogen-bond donors (Lipinski definition) is 0. The number of para-hydroxylation sites is 10. The molecule has 0 spiro atoms. The summed E-state index contributed by atoms with van der Waals surface area (Å²) >= 11 is 0. The molecule has 0 N–H and O–H groups in total. The Morgan fingerprint density at radius 2 is 0.426 bits per heavy atom. The van der Waals surface area contributed by atoms with Gasteiger partial charge in [-0.2, -0.15) is 0 Å². The van der Waals surface area contributed by atoms with Crippen molar-refractivity contribution in [3.63, 3.8) is 0 Å². The van der Waals surface area contributed by atoms with Crippen LogP contribution < -0.4 is 0 Å². The lowest BCUT2D eigenvalue weighted by Gasteiger charge is -2.10. The van der Waals surface area contributed by atoms with Crippen LogP contribution in [0.3, 0.4) is 0 Å². The van der Waals surface area contributed by atoms with Gasteiger partial charge in [0.2, 0.25) is 0 Å². The van der Waals surface area contributed by atoms with E-state index in [0.717, 1.165) is 237 Å². The lowest BCUT2D eigenvalue weighted by molar-refractivity contribution is 0.667. The molecule has 0 unspecified atom stereocenters. The fraction of sp³-hybridized carbons (Fsp3) is 0. The number of nitrogens with zero attached hydrogens (tertiary/aromatic N) is 4. The topological polar surface area (TPSA) is 125 Å². The second-order valence-corrected chi connectivity index (χ2v) is 38.9. The Morgan fingerprint density at radius 3 is 0.932 bits per heavy atom. The highest BCUT2D eigenvalue weighted by atomic mass is 16.4. The first-order valence-corrected chi connectivity index (χ1v) is 50.1. The smallest absolute Gasteiger partial charge is 0.160 e. The summed E-state index contributed by atoms with van der Waals surface area (Å²) in [5.41, 5.74) is 27.8. The van der Waals surface area contributed by atoms with E-state index in [2.05, 4.69) is 394 Å². The van der Waals surface area contributed by atoms with E-state index in [0.29, 0.717) is 0 Å². The highest BCUT2D eigenvalue weighted by Crippen LogP contribution is 2.52. The Labute approximate surface area is 837 Å². The molecule has 36 aromatic rings. The zero-order chi connectivity index (χ0) is 96.3. The van der Waals surface area contributed by atoms with Gasteiger partial charge in [-0.25, -0.2) is 0 Å². The Bertz CT molecular complexity index is 12000. The van der Waals surface area contributed by atoms with Crippen LogP contribution in [-0.4, -0.2) is 18.3 Å². The predicted octanol–water partition coefficient (Wildman–Crippen LogP) is 38.9. The fourth-order valence-corrected chi connectivity index (χ4v) is 24.7. The van der Waals surface area contributed by atoms with Crippen molar-refractivity contribution in [1.29, 1.82) is 0 Å². The van der Waals surface area contributed by atoms with Crippen LogP contribution in [0.1, 0.15) is 0 Å². The van der Waals surface area contributed by atoms with Crippen LogP contribution in [0.15, 0.2) is 496 Å². The normalized spacial score (nSPS) is 12.3. The van der Waals surface area contributed by atoms with Crippen molar-refractivity contribution in [2.45, 2.75) is 0 Å². The molecule has 0 aliphatic rings. The number of rotatable bonds is 4. The van der Waals surface area contributed by atoms with Crippen LogP contribution >= 0.6 is 0 Å². The van der Waals surface area contributed by atoms with Gasteiger partial charge in [-0.15, -0.1) is 0 Å². The van der Waals surface area contributed by atoms with Crippen molar-refractivity contribution in [3.05, 3.63) is 461 Å². The second-order valence-electron chi connectivity index (χ2n) is 38.9. The Kier molecular flexibility index (Phi) is 16.7. The highest BCUT2D eigenvalue weighted by Gasteiger charge is 2.30. The SMILES string of the molecule is c1ccc2c(c1)ccc1c2c2ccc3c4ccccc4oc3c2n1-c1ccc2c(c1)oc1ccccc12.c1ccc2c(c1)oc1cc(-n3c4ccccc4c4c5ccccc5c5c6ccccc6oc5c43)ccc12.c1ccc2c(c1)oc1cc(-n3c4ccccc4c4c5oc6ccccc6c5c5ccccc5c43)ccc12.c1ccc2cc3c(cc2c1)c1cc2oc4ccccc4c2cc1n3-c1ccc2c(c1)oc1ccccc12. The van der Waals surface area contributed by atoms with Crippen molar-refractivity contribution in [3.8, 4) is 22.7 Å². The average molecular weight is 1890 g/mol. The number of aromatic nitrogens is 4. The Morgan fingerprint density at radius 1 is 0.115 bits per heavy atom. The summed E-state index contributed by atoms with van der Waals surface area (Å²) < 4.78 is 60.6. The summed E-state index contributed by atoms with van der Waals surface area (Å²) in [6.07, 6.45) is 0. The minimum Gasteiger partial charge on any atom is -0.456 e. The molecule has 24 aromatic carbocycles. The fourth-order valence-electron chi connectivity index (χ4n) is 24.7. The van der Waals surface area contributed by atoms with Crippen LogP contribution in [0.5, 0.6) is 0 Å². The van der Waals surface area contributed by atoms with Gasteiger partial charge in [-0.3, -0.25) is 0 Å². The van der Waals surface area contributed by atoms with E-state index in [9.17, 15) is 0 Å². The summed E-state index contributed by atoms with van der Waals surface area (Å²) in [5.74, 6) is 0. The zero-order valence-electron chi connectivity index (χ0n) is 78.9. The largest absolute Gasteiger partial charge is 0.456 e. The maximum atomic E-state index is 6.66. The van der Waals surface area contributed by atoms with Gasteiger partial charge in [0.25, 0.3) is 0 Å². The van der Waals surface area contributed by atoms with Crippen molar-refractivity contribution in [2.75, 3.05) is 0 Å². The summed E-state index contributed by atoms with van der Waals surface area (Å²) in [4.78, 5) is 0. The third kappa shape index (κ3) is 11.6. The van der Waals surface area contributed by atoms with Crippen molar-refractivity contribution < 1.29 is 35.3 Å². The molecular formula is C136H76N4O8. The first-order chi connectivity index (χ1) is 73.4.